The molecule has 0 spiro atoms. The molecule has 2 heteroatoms. The van der Waals surface area contributed by atoms with Crippen LogP contribution in [0.3, 0.4) is 0 Å². The largest absolute Gasteiger partial charge is 0.393 e. The summed E-state index contributed by atoms with van der Waals surface area (Å²) in [6.07, 6.45) is 9.29. The lowest BCUT2D eigenvalue weighted by Crippen LogP contribution is -2.44. The summed E-state index contributed by atoms with van der Waals surface area (Å²) < 4.78 is 5.60. The number of methoxy groups -OCH3 is 1. The molecule has 0 aromatic carbocycles. The van der Waals surface area contributed by atoms with E-state index in [0.717, 1.165) is 25.2 Å². The summed E-state index contributed by atoms with van der Waals surface area (Å²) >= 11 is 0. The maximum absolute atomic E-state index is 10.3. The molecule has 2 rings (SSSR count). The van der Waals surface area contributed by atoms with Crippen molar-refractivity contribution in [2.75, 3.05) is 7.11 Å². The highest BCUT2D eigenvalue weighted by atomic mass is 16.5. The normalized spacial score (nSPS) is 35.4. The molecule has 16 heavy (non-hydrogen) atoms. The predicted octanol–water partition coefficient (Wildman–Crippen LogP) is 3.13. The molecule has 0 saturated heterocycles. The molecule has 0 aliphatic heterocycles. The number of hydrogen-bond acceptors (Lipinski definition) is 2. The van der Waals surface area contributed by atoms with Gasteiger partial charge in [-0.3, -0.25) is 0 Å². The standard InChI is InChI=1S/C14H26O2/c1-11-4-6-12(7-5-11)13(15)10-14(16-2)8-3-9-14/h11-13,15H,3-10H2,1-2H3. The minimum absolute atomic E-state index is 0.0302. The Hall–Kier alpha value is -0.0800. The number of aliphatic hydroxyl groups is 1. The van der Waals surface area contributed by atoms with Crippen LogP contribution in [0.2, 0.25) is 0 Å². The van der Waals surface area contributed by atoms with Crippen molar-refractivity contribution in [2.45, 2.75) is 70.0 Å². The van der Waals surface area contributed by atoms with Gasteiger partial charge in [0, 0.05) is 13.5 Å². The average molecular weight is 226 g/mol. The Labute approximate surface area is 99.4 Å². The van der Waals surface area contributed by atoms with Gasteiger partial charge in [0.05, 0.1) is 11.7 Å². The van der Waals surface area contributed by atoms with Crippen molar-refractivity contribution in [1.82, 2.24) is 0 Å². The van der Waals surface area contributed by atoms with Crippen molar-refractivity contribution in [1.29, 1.82) is 0 Å². The van der Waals surface area contributed by atoms with Gasteiger partial charge in [-0.05, 0) is 43.9 Å². The second-order valence-electron chi connectivity index (χ2n) is 6.03. The second-order valence-corrected chi connectivity index (χ2v) is 6.03. The SMILES string of the molecule is COC1(CC(O)C2CCC(C)CC2)CCC1. The Morgan fingerprint density at radius 3 is 2.31 bits per heavy atom. The molecule has 1 unspecified atom stereocenters. The summed E-state index contributed by atoms with van der Waals surface area (Å²) in [6.45, 7) is 2.32. The van der Waals surface area contributed by atoms with E-state index in [4.69, 9.17) is 4.74 Å². The van der Waals surface area contributed by atoms with Crippen LogP contribution in [-0.2, 0) is 4.74 Å². The highest BCUT2D eigenvalue weighted by molar-refractivity contribution is 4.93. The zero-order valence-corrected chi connectivity index (χ0v) is 10.7. The summed E-state index contributed by atoms with van der Waals surface area (Å²) in [4.78, 5) is 0. The van der Waals surface area contributed by atoms with Crippen LogP contribution < -0.4 is 0 Å². The topological polar surface area (TPSA) is 29.5 Å². The molecule has 2 fully saturated rings. The van der Waals surface area contributed by atoms with Gasteiger partial charge in [-0.25, -0.2) is 0 Å². The van der Waals surface area contributed by atoms with Crippen molar-refractivity contribution >= 4 is 0 Å². The molecule has 0 aromatic heterocycles. The van der Waals surface area contributed by atoms with Crippen molar-refractivity contribution in [3.8, 4) is 0 Å². The van der Waals surface area contributed by atoms with E-state index in [0.29, 0.717) is 5.92 Å². The first-order chi connectivity index (χ1) is 7.65. The summed E-state index contributed by atoms with van der Waals surface area (Å²) in [6, 6.07) is 0. The molecule has 1 atom stereocenters. The smallest absolute Gasteiger partial charge is 0.0703 e. The van der Waals surface area contributed by atoms with Crippen molar-refractivity contribution in [2.24, 2.45) is 11.8 Å². The van der Waals surface area contributed by atoms with Crippen molar-refractivity contribution in [3.63, 3.8) is 0 Å². The van der Waals surface area contributed by atoms with Crippen LogP contribution in [-0.4, -0.2) is 23.9 Å². The highest BCUT2D eigenvalue weighted by Gasteiger charge is 2.40. The van der Waals surface area contributed by atoms with E-state index < -0.39 is 0 Å². The van der Waals surface area contributed by atoms with Gasteiger partial charge in [0.2, 0.25) is 0 Å². The minimum atomic E-state index is -0.132. The van der Waals surface area contributed by atoms with E-state index in [1.54, 1.807) is 7.11 Å². The Morgan fingerprint density at radius 1 is 1.25 bits per heavy atom. The molecule has 2 nitrogen and oxygen atoms in total. The van der Waals surface area contributed by atoms with E-state index in [1.165, 1.54) is 32.1 Å². The van der Waals surface area contributed by atoms with E-state index in [1.807, 2.05) is 0 Å². The van der Waals surface area contributed by atoms with Gasteiger partial charge < -0.3 is 9.84 Å². The van der Waals surface area contributed by atoms with Crippen LogP contribution in [0.1, 0.15) is 58.3 Å². The highest BCUT2D eigenvalue weighted by Crippen LogP contribution is 2.41. The number of aliphatic hydroxyl groups excluding tert-OH is 1. The minimum Gasteiger partial charge on any atom is -0.393 e. The third-order valence-corrected chi connectivity index (χ3v) is 4.88. The van der Waals surface area contributed by atoms with Gasteiger partial charge in [0.25, 0.3) is 0 Å². The molecule has 0 bridgehead atoms. The Bertz CT molecular complexity index is 209. The van der Waals surface area contributed by atoms with Gasteiger partial charge in [-0.2, -0.15) is 0 Å². The van der Waals surface area contributed by atoms with Crippen LogP contribution in [0.5, 0.6) is 0 Å². The lowest BCUT2D eigenvalue weighted by molar-refractivity contribution is -0.109. The van der Waals surface area contributed by atoms with E-state index in [2.05, 4.69) is 6.92 Å². The molecular weight excluding hydrogens is 200 g/mol. The van der Waals surface area contributed by atoms with Gasteiger partial charge in [-0.15, -0.1) is 0 Å². The quantitative estimate of drug-likeness (QED) is 0.798. The van der Waals surface area contributed by atoms with Crippen LogP contribution in [0.4, 0.5) is 0 Å². The first-order valence-electron chi connectivity index (χ1n) is 6.88. The first kappa shape index (κ1) is 12.4. The first-order valence-corrected chi connectivity index (χ1v) is 6.88. The third kappa shape index (κ3) is 2.60. The van der Waals surface area contributed by atoms with Crippen molar-refractivity contribution in [3.05, 3.63) is 0 Å². The third-order valence-electron chi connectivity index (χ3n) is 4.88. The summed E-state index contributed by atoms with van der Waals surface area (Å²) in [5, 5.41) is 10.3. The number of hydrogen-bond donors (Lipinski definition) is 1. The molecule has 1 N–H and O–H groups in total. The molecule has 2 aliphatic rings. The summed E-state index contributed by atoms with van der Waals surface area (Å²) in [5.41, 5.74) is 0.0302. The fourth-order valence-corrected chi connectivity index (χ4v) is 3.28. The average Bonchev–Trinajstić information content (AvgIpc) is 2.24. The fourth-order valence-electron chi connectivity index (χ4n) is 3.28. The maximum Gasteiger partial charge on any atom is 0.0703 e. The predicted molar refractivity (Wildman–Crippen MR) is 65.3 cm³/mol. The maximum atomic E-state index is 10.3. The molecule has 0 amide bonds. The molecule has 2 aliphatic carbocycles. The number of ether oxygens (including phenoxy) is 1. The van der Waals surface area contributed by atoms with Crippen LogP contribution in [0.25, 0.3) is 0 Å². The molecule has 0 aromatic rings. The lowest BCUT2D eigenvalue weighted by Gasteiger charge is -2.43. The monoisotopic (exact) mass is 226 g/mol. The lowest BCUT2D eigenvalue weighted by atomic mass is 9.71. The van der Waals surface area contributed by atoms with E-state index in [9.17, 15) is 5.11 Å². The summed E-state index contributed by atoms with van der Waals surface area (Å²) in [5.74, 6) is 1.40. The summed E-state index contributed by atoms with van der Waals surface area (Å²) in [7, 11) is 1.80. The van der Waals surface area contributed by atoms with Crippen LogP contribution in [0.15, 0.2) is 0 Å². The molecule has 94 valence electrons. The van der Waals surface area contributed by atoms with Gasteiger partial charge >= 0.3 is 0 Å². The molecular formula is C14H26O2. The van der Waals surface area contributed by atoms with E-state index >= 15 is 0 Å². The molecule has 0 radical (unpaired) electrons. The zero-order chi connectivity index (χ0) is 11.6. The second kappa shape index (κ2) is 5.05. The van der Waals surface area contributed by atoms with Crippen molar-refractivity contribution < 1.29 is 9.84 Å². The van der Waals surface area contributed by atoms with Crippen LogP contribution in [0, 0.1) is 11.8 Å². The Morgan fingerprint density at radius 2 is 1.88 bits per heavy atom. The fraction of sp³-hybridized carbons (Fsp3) is 1.00. The molecule has 0 heterocycles. The Kier molecular flexibility index (Phi) is 3.91. The van der Waals surface area contributed by atoms with Gasteiger partial charge in [0.15, 0.2) is 0 Å². The number of rotatable bonds is 4. The van der Waals surface area contributed by atoms with E-state index in [-0.39, 0.29) is 11.7 Å². The molecule has 2 saturated carbocycles. The van der Waals surface area contributed by atoms with Gasteiger partial charge in [0.1, 0.15) is 0 Å². The zero-order valence-electron chi connectivity index (χ0n) is 10.7. The Balaban J connectivity index is 1.81. The van der Waals surface area contributed by atoms with Crippen LogP contribution >= 0.6 is 0 Å². The van der Waals surface area contributed by atoms with Gasteiger partial charge in [-0.1, -0.05) is 19.8 Å².